The van der Waals surface area contributed by atoms with Crippen LogP contribution >= 0.6 is 12.4 Å². The SMILES string of the molecule is CCN(c1ccc(Nc2nc(N3C[C@H](N)C[C@H](N)C3)nc(N3C[C@H](N)C[C@H](N)C3)n2)cc1)C(C)C.Cl. The van der Waals surface area contributed by atoms with Crippen LogP contribution in [0.3, 0.4) is 0 Å². The van der Waals surface area contributed by atoms with E-state index >= 15 is 0 Å². The minimum atomic E-state index is -0.0257. The van der Waals surface area contributed by atoms with Crippen LogP contribution in [-0.4, -0.2) is 77.9 Å². The van der Waals surface area contributed by atoms with Crippen molar-refractivity contribution in [2.45, 2.75) is 63.8 Å². The lowest BCUT2D eigenvalue weighted by Crippen LogP contribution is -2.54. The van der Waals surface area contributed by atoms with Gasteiger partial charge in [-0.3, -0.25) is 0 Å². The summed E-state index contributed by atoms with van der Waals surface area (Å²) in [7, 11) is 0. The Morgan fingerprint density at radius 1 is 0.833 bits per heavy atom. The number of rotatable bonds is 7. The fourth-order valence-electron chi connectivity index (χ4n) is 5.09. The van der Waals surface area contributed by atoms with Crippen molar-refractivity contribution in [3.8, 4) is 0 Å². The number of piperidine rings is 2. The van der Waals surface area contributed by atoms with Gasteiger partial charge in [-0.1, -0.05) is 0 Å². The summed E-state index contributed by atoms with van der Waals surface area (Å²) in [5.74, 6) is 1.59. The van der Waals surface area contributed by atoms with Crippen LogP contribution in [0, 0.1) is 0 Å². The Morgan fingerprint density at radius 2 is 1.28 bits per heavy atom. The average molecular weight is 520 g/mol. The Kier molecular flexibility index (Phi) is 9.53. The van der Waals surface area contributed by atoms with Crippen LogP contribution in [0.1, 0.15) is 33.6 Å². The molecule has 0 aliphatic carbocycles. The maximum Gasteiger partial charge on any atom is 0.233 e. The van der Waals surface area contributed by atoms with E-state index in [9.17, 15) is 0 Å². The molecule has 1 aromatic carbocycles. The molecule has 0 amide bonds. The second kappa shape index (κ2) is 12.2. The topological polar surface area (TPSA) is 164 Å². The lowest BCUT2D eigenvalue weighted by Gasteiger charge is -2.37. The minimum absolute atomic E-state index is 0. The summed E-state index contributed by atoms with van der Waals surface area (Å²) in [4.78, 5) is 20.7. The maximum absolute atomic E-state index is 6.25. The third kappa shape index (κ3) is 6.86. The fourth-order valence-corrected chi connectivity index (χ4v) is 5.09. The summed E-state index contributed by atoms with van der Waals surface area (Å²) in [5, 5.41) is 3.36. The predicted octanol–water partition coefficient (Wildman–Crippen LogP) is 1.00. The molecule has 9 N–H and O–H groups in total. The third-order valence-corrected chi connectivity index (χ3v) is 6.63. The molecule has 12 heteroatoms. The normalized spacial score (nSPS) is 24.4. The van der Waals surface area contributed by atoms with Gasteiger partial charge in [0.2, 0.25) is 17.8 Å². The number of benzene rings is 1. The van der Waals surface area contributed by atoms with Crippen molar-refractivity contribution in [1.29, 1.82) is 0 Å². The molecule has 2 aliphatic heterocycles. The molecule has 200 valence electrons. The molecule has 0 spiro atoms. The highest BCUT2D eigenvalue weighted by atomic mass is 35.5. The van der Waals surface area contributed by atoms with Crippen molar-refractivity contribution < 1.29 is 0 Å². The number of hydrogen-bond donors (Lipinski definition) is 5. The molecule has 1 aromatic heterocycles. The molecule has 0 unspecified atom stereocenters. The first-order valence-electron chi connectivity index (χ1n) is 12.6. The van der Waals surface area contributed by atoms with Crippen LogP contribution in [0.15, 0.2) is 24.3 Å². The van der Waals surface area contributed by atoms with Gasteiger partial charge in [-0.15, -0.1) is 12.4 Å². The van der Waals surface area contributed by atoms with Crippen LogP contribution < -0.4 is 43.0 Å². The van der Waals surface area contributed by atoms with Crippen LogP contribution in [0.5, 0.6) is 0 Å². The van der Waals surface area contributed by atoms with Gasteiger partial charge >= 0.3 is 0 Å². The number of hydrogen-bond acceptors (Lipinski definition) is 11. The largest absolute Gasteiger partial charge is 0.369 e. The van der Waals surface area contributed by atoms with Gasteiger partial charge in [0, 0.05) is 74.3 Å². The van der Waals surface area contributed by atoms with E-state index in [1.807, 2.05) is 21.9 Å². The van der Waals surface area contributed by atoms with Gasteiger partial charge in [0.1, 0.15) is 0 Å². The zero-order chi connectivity index (χ0) is 25.1. The van der Waals surface area contributed by atoms with E-state index < -0.39 is 0 Å². The van der Waals surface area contributed by atoms with Crippen LogP contribution in [0.25, 0.3) is 0 Å². The Hall–Kier alpha value is -2.44. The predicted molar refractivity (Wildman–Crippen MR) is 151 cm³/mol. The highest BCUT2D eigenvalue weighted by Crippen LogP contribution is 2.25. The van der Waals surface area contributed by atoms with E-state index in [-0.39, 0.29) is 36.6 Å². The molecule has 2 saturated heterocycles. The van der Waals surface area contributed by atoms with E-state index in [2.05, 4.69) is 43.1 Å². The number of halogens is 1. The molecule has 3 heterocycles. The second-order valence-corrected chi connectivity index (χ2v) is 10.1. The minimum Gasteiger partial charge on any atom is -0.369 e. The number of aromatic nitrogens is 3. The average Bonchev–Trinajstić information content (AvgIpc) is 2.79. The number of nitrogens with one attached hydrogen (secondary N) is 1. The molecule has 2 aliphatic rings. The van der Waals surface area contributed by atoms with Crippen molar-refractivity contribution in [3.05, 3.63) is 24.3 Å². The van der Waals surface area contributed by atoms with Gasteiger partial charge < -0.3 is 43.0 Å². The van der Waals surface area contributed by atoms with E-state index in [1.54, 1.807) is 0 Å². The standard InChI is InChI=1S/C24H41N11.ClH/c1-4-35(15(2)3)21-7-5-20(6-8-21)29-22-30-23(33-11-16(25)9-17(26)12-33)32-24(31-22)34-13-18(27)10-19(28)14-34;/h5-8,15-19H,4,9-14,25-28H2,1-3H3,(H,29,30,31,32);1H/t16-,17+,18-,19+;. The highest BCUT2D eigenvalue weighted by molar-refractivity contribution is 5.85. The molecule has 11 nitrogen and oxygen atoms in total. The quantitative estimate of drug-likeness (QED) is 0.354. The van der Waals surface area contributed by atoms with Gasteiger partial charge in [0.15, 0.2) is 0 Å². The van der Waals surface area contributed by atoms with Crippen molar-refractivity contribution in [2.24, 2.45) is 22.9 Å². The third-order valence-electron chi connectivity index (χ3n) is 6.63. The van der Waals surface area contributed by atoms with Gasteiger partial charge in [-0.2, -0.15) is 15.0 Å². The van der Waals surface area contributed by atoms with E-state index in [0.717, 1.165) is 25.1 Å². The molecule has 0 radical (unpaired) electrons. The molecule has 2 fully saturated rings. The highest BCUT2D eigenvalue weighted by Gasteiger charge is 2.28. The van der Waals surface area contributed by atoms with Crippen molar-refractivity contribution >= 4 is 41.6 Å². The first-order valence-corrected chi connectivity index (χ1v) is 12.6. The van der Waals surface area contributed by atoms with E-state index in [0.29, 0.717) is 50.1 Å². The zero-order valence-electron chi connectivity index (χ0n) is 21.5. The molecular formula is C24H42ClN11. The lowest BCUT2D eigenvalue weighted by atomic mass is 10.0. The van der Waals surface area contributed by atoms with E-state index in [1.165, 1.54) is 5.69 Å². The van der Waals surface area contributed by atoms with Crippen molar-refractivity contribution in [2.75, 3.05) is 52.7 Å². The zero-order valence-corrected chi connectivity index (χ0v) is 22.4. The Balaban J connectivity index is 0.00000361. The Morgan fingerprint density at radius 3 is 1.67 bits per heavy atom. The number of anilines is 5. The maximum atomic E-state index is 6.25. The first kappa shape index (κ1) is 28.1. The number of nitrogens with zero attached hydrogens (tertiary/aromatic N) is 6. The molecule has 0 saturated carbocycles. The van der Waals surface area contributed by atoms with E-state index in [4.69, 9.17) is 37.9 Å². The second-order valence-electron chi connectivity index (χ2n) is 10.1. The Bertz CT molecular complexity index is 909. The van der Waals surface area contributed by atoms with Crippen LogP contribution in [0.4, 0.5) is 29.2 Å². The van der Waals surface area contributed by atoms with Gasteiger partial charge in [0.05, 0.1) is 0 Å². The summed E-state index contributed by atoms with van der Waals surface area (Å²) < 4.78 is 0. The molecular weight excluding hydrogens is 478 g/mol. The molecule has 0 bridgehead atoms. The lowest BCUT2D eigenvalue weighted by molar-refractivity contribution is 0.441. The van der Waals surface area contributed by atoms with Gasteiger partial charge in [-0.25, -0.2) is 0 Å². The molecule has 4 rings (SSSR count). The monoisotopic (exact) mass is 519 g/mol. The summed E-state index contributed by atoms with van der Waals surface area (Å²) in [6.45, 7) is 10.1. The van der Waals surface area contributed by atoms with Crippen LogP contribution in [-0.2, 0) is 0 Å². The first-order chi connectivity index (χ1) is 16.7. The summed E-state index contributed by atoms with van der Waals surface area (Å²) in [5.41, 5.74) is 27.1. The van der Waals surface area contributed by atoms with Gasteiger partial charge in [-0.05, 0) is 57.9 Å². The van der Waals surface area contributed by atoms with Crippen molar-refractivity contribution in [1.82, 2.24) is 15.0 Å². The Labute approximate surface area is 220 Å². The molecule has 36 heavy (non-hydrogen) atoms. The smallest absolute Gasteiger partial charge is 0.233 e. The summed E-state index contributed by atoms with van der Waals surface area (Å²) >= 11 is 0. The van der Waals surface area contributed by atoms with Crippen LogP contribution in [0.2, 0.25) is 0 Å². The van der Waals surface area contributed by atoms with Crippen molar-refractivity contribution in [3.63, 3.8) is 0 Å². The summed E-state index contributed by atoms with van der Waals surface area (Å²) in [6, 6.07) is 8.64. The molecule has 4 atom stereocenters. The fraction of sp³-hybridized carbons (Fsp3) is 0.625. The number of nitrogens with two attached hydrogens (primary N) is 4. The van der Waals surface area contributed by atoms with Gasteiger partial charge in [0.25, 0.3) is 0 Å². The summed E-state index contributed by atoms with van der Waals surface area (Å²) in [6.07, 6.45) is 1.57. The molecule has 2 aromatic rings.